The molecule has 0 bridgehead atoms. The summed E-state index contributed by atoms with van der Waals surface area (Å²) in [6, 6.07) is 14.6. The average Bonchev–Trinajstić information content (AvgIpc) is 2.77. The lowest BCUT2D eigenvalue weighted by Gasteiger charge is -2.20. The Balaban J connectivity index is 1.88. The van der Waals surface area contributed by atoms with Crippen LogP contribution in [0.1, 0.15) is 47.8 Å². The Labute approximate surface area is 148 Å². The minimum Gasteiger partial charge on any atom is -0.345 e. The fourth-order valence-corrected chi connectivity index (χ4v) is 4.06. The zero-order chi connectivity index (χ0) is 18.2. The second kappa shape index (κ2) is 6.19. The highest BCUT2D eigenvalue weighted by Gasteiger charge is 2.37. The molecule has 2 aromatic carbocycles. The summed E-state index contributed by atoms with van der Waals surface area (Å²) in [5, 5.41) is 3.06. The molecule has 1 atom stereocenters. The summed E-state index contributed by atoms with van der Waals surface area (Å²) in [5.41, 5.74) is 2.94. The number of fused-ring (bicyclic) bond motifs is 1. The Morgan fingerprint density at radius 2 is 1.72 bits per heavy atom. The van der Waals surface area contributed by atoms with Gasteiger partial charge in [0, 0.05) is 0 Å². The van der Waals surface area contributed by atoms with Crippen LogP contribution in [0.5, 0.6) is 0 Å². The summed E-state index contributed by atoms with van der Waals surface area (Å²) >= 11 is 0. The number of para-hydroxylation sites is 1. The summed E-state index contributed by atoms with van der Waals surface area (Å²) in [6.45, 7) is 4.33. The number of amides is 1. The van der Waals surface area contributed by atoms with E-state index in [0.717, 1.165) is 18.2 Å². The molecule has 3 rings (SSSR count). The summed E-state index contributed by atoms with van der Waals surface area (Å²) in [4.78, 5) is 12.8. The number of rotatable bonds is 4. The molecule has 6 heteroatoms. The van der Waals surface area contributed by atoms with Crippen molar-refractivity contribution in [3.63, 3.8) is 0 Å². The predicted molar refractivity (Wildman–Crippen MR) is 99.2 cm³/mol. The number of benzene rings is 2. The summed E-state index contributed by atoms with van der Waals surface area (Å²) in [6.07, 6.45) is 1.87. The topological polar surface area (TPSA) is 75.3 Å². The molecule has 0 saturated carbocycles. The lowest BCUT2D eigenvalue weighted by atomic mass is 9.86. The molecular weight excluding hydrogens is 336 g/mol. The third-order valence-electron chi connectivity index (χ3n) is 4.55. The van der Waals surface area contributed by atoms with Gasteiger partial charge in [-0.15, -0.1) is 0 Å². The van der Waals surface area contributed by atoms with Gasteiger partial charge >= 0.3 is 0 Å². The second-order valence-electron chi connectivity index (χ2n) is 7.12. The Morgan fingerprint density at radius 1 is 1.08 bits per heavy atom. The predicted octanol–water partition coefficient (Wildman–Crippen LogP) is 3.21. The van der Waals surface area contributed by atoms with Crippen molar-refractivity contribution < 1.29 is 13.2 Å². The molecule has 5 nitrogen and oxygen atoms in total. The van der Waals surface area contributed by atoms with E-state index in [4.69, 9.17) is 0 Å². The molecule has 132 valence electrons. The molecule has 0 radical (unpaired) electrons. The molecule has 1 amide bonds. The van der Waals surface area contributed by atoms with Crippen molar-refractivity contribution in [3.05, 3.63) is 65.2 Å². The van der Waals surface area contributed by atoms with Crippen molar-refractivity contribution in [1.82, 2.24) is 5.32 Å². The van der Waals surface area contributed by atoms with E-state index in [2.05, 4.69) is 30.0 Å². The number of anilines is 1. The first kappa shape index (κ1) is 17.5. The molecule has 1 aliphatic carbocycles. The van der Waals surface area contributed by atoms with Gasteiger partial charge in [-0.1, -0.05) is 50.2 Å². The van der Waals surface area contributed by atoms with Gasteiger partial charge in [0.05, 0.1) is 23.5 Å². The summed E-state index contributed by atoms with van der Waals surface area (Å²) in [5.74, 6) is -0.288. The van der Waals surface area contributed by atoms with Gasteiger partial charge < -0.3 is 5.32 Å². The third-order valence-corrected chi connectivity index (χ3v) is 5.14. The Morgan fingerprint density at radius 3 is 2.44 bits per heavy atom. The van der Waals surface area contributed by atoms with E-state index in [1.807, 2.05) is 18.2 Å². The van der Waals surface area contributed by atoms with E-state index < -0.39 is 10.0 Å². The van der Waals surface area contributed by atoms with Gasteiger partial charge in [0.1, 0.15) is 0 Å². The van der Waals surface area contributed by atoms with Gasteiger partial charge in [-0.05, 0) is 35.1 Å². The molecule has 1 aliphatic rings. The van der Waals surface area contributed by atoms with E-state index in [-0.39, 0.29) is 23.1 Å². The Bertz CT molecular complexity index is 920. The normalized spacial score (nSPS) is 18.4. The molecule has 2 N–H and O–H groups in total. The van der Waals surface area contributed by atoms with Gasteiger partial charge in [-0.25, -0.2) is 8.42 Å². The van der Waals surface area contributed by atoms with Gasteiger partial charge in [-0.3, -0.25) is 9.52 Å². The summed E-state index contributed by atoms with van der Waals surface area (Å²) in [7, 11) is -3.46. The first-order valence-corrected chi connectivity index (χ1v) is 10.0. The van der Waals surface area contributed by atoms with Crippen molar-refractivity contribution in [1.29, 1.82) is 0 Å². The zero-order valence-electron chi connectivity index (χ0n) is 14.5. The minimum atomic E-state index is -3.46. The Kier molecular flexibility index (Phi) is 4.33. The number of hydrogen-bond donors (Lipinski definition) is 2. The number of hydrogen-bond acceptors (Lipinski definition) is 3. The van der Waals surface area contributed by atoms with E-state index >= 15 is 0 Å². The first-order valence-electron chi connectivity index (χ1n) is 8.14. The van der Waals surface area contributed by atoms with Crippen LogP contribution in [-0.4, -0.2) is 20.6 Å². The van der Waals surface area contributed by atoms with Gasteiger partial charge in [0.15, 0.2) is 0 Å². The summed E-state index contributed by atoms with van der Waals surface area (Å²) < 4.78 is 25.5. The van der Waals surface area contributed by atoms with Gasteiger partial charge in [0.2, 0.25) is 10.0 Å². The van der Waals surface area contributed by atoms with E-state index in [9.17, 15) is 13.2 Å². The molecule has 0 aromatic heterocycles. The average molecular weight is 358 g/mol. The Hall–Kier alpha value is -2.34. The monoisotopic (exact) mass is 358 g/mol. The van der Waals surface area contributed by atoms with Crippen molar-refractivity contribution in [3.8, 4) is 0 Å². The highest BCUT2D eigenvalue weighted by molar-refractivity contribution is 7.92. The van der Waals surface area contributed by atoms with Crippen LogP contribution >= 0.6 is 0 Å². The van der Waals surface area contributed by atoms with Crippen LogP contribution in [0.4, 0.5) is 5.69 Å². The highest BCUT2D eigenvalue weighted by Crippen LogP contribution is 2.44. The van der Waals surface area contributed by atoms with Crippen LogP contribution in [0.3, 0.4) is 0 Å². The van der Waals surface area contributed by atoms with Crippen LogP contribution in [0.25, 0.3) is 0 Å². The second-order valence-corrected chi connectivity index (χ2v) is 8.87. The number of carbonyl (C=O) groups is 1. The van der Waals surface area contributed by atoms with Crippen LogP contribution in [0.2, 0.25) is 0 Å². The van der Waals surface area contributed by atoms with Crippen molar-refractivity contribution in [2.75, 3.05) is 11.0 Å². The number of sulfonamides is 1. The SMILES string of the molecule is CC1(C)CC(NC(=O)c2ccccc2NS(C)(=O)=O)c2ccccc21. The molecule has 0 spiro atoms. The standard InChI is InChI=1S/C19H22N2O3S/c1-19(2)12-17(13-8-4-6-10-15(13)19)20-18(22)14-9-5-7-11-16(14)21-25(3,23)24/h4-11,17,21H,12H2,1-3H3,(H,20,22). The van der Waals surface area contributed by atoms with E-state index in [1.165, 1.54) is 5.56 Å². The van der Waals surface area contributed by atoms with Crippen LogP contribution < -0.4 is 10.0 Å². The molecule has 25 heavy (non-hydrogen) atoms. The lowest BCUT2D eigenvalue weighted by molar-refractivity contribution is 0.0935. The van der Waals surface area contributed by atoms with E-state index in [0.29, 0.717) is 5.56 Å². The van der Waals surface area contributed by atoms with Crippen LogP contribution in [0, 0.1) is 0 Å². The molecule has 1 unspecified atom stereocenters. The molecule has 2 aromatic rings. The fourth-order valence-electron chi connectivity index (χ4n) is 3.48. The molecule has 0 aliphatic heterocycles. The zero-order valence-corrected chi connectivity index (χ0v) is 15.4. The number of carbonyl (C=O) groups excluding carboxylic acids is 1. The van der Waals surface area contributed by atoms with Crippen LogP contribution in [-0.2, 0) is 15.4 Å². The van der Waals surface area contributed by atoms with Crippen LogP contribution in [0.15, 0.2) is 48.5 Å². The van der Waals surface area contributed by atoms with Gasteiger partial charge in [-0.2, -0.15) is 0 Å². The smallest absolute Gasteiger partial charge is 0.253 e. The van der Waals surface area contributed by atoms with Gasteiger partial charge in [0.25, 0.3) is 5.91 Å². The molecular formula is C19H22N2O3S. The van der Waals surface area contributed by atoms with Crippen molar-refractivity contribution >= 4 is 21.6 Å². The van der Waals surface area contributed by atoms with Crippen molar-refractivity contribution in [2.24, 2.45) is 0 Å². The molecule has 0 saturated heterocycles. The maximum absolute atomic E-state index is 12.8. The number of nitrogens with one attached hydrogen (secondary N) is 2. The molecule has 0 heterocycles. The van der Waals surface area contributed by atoms with Crippen molar-refractivity contribution in [2.45, 2.75) is 31.7 Å². The quantitative estimate of drug-likeness (QED) is 0.881. The van der Waals surface area contributed by atoms with E-state index in [1.54, 1.807) is 24.3 Å². The largest absolute Gasteiger partial charge is 0.345 e. The third kappa shape index (κ3) is 3.69. The highest BCUT2D eigenvalue weighted by atomic mass is 32.2. The lowest BCUT2D eigenvalue weighted by Crippen LogP contribution is -2.29. The maximum Gasteiger partial charge on any atom is 0.253 e. The first-order chi connectivity index (χ1) is 11.7. The maximum atomic E-state index is 12.8. The minimum absolute atomic E-state index is 0.0148. The fraction of sp³-hybridized carbons (Fsp3) is 0.316. The molecule has 0 fully saturated rings.